The average molecular weight is 294 g/mol. The fourth-order valence-electron chi connectivity index (χ4n) is 2.52. The standard InChI is InChI=1S/C13H18N4O4/c1-21-12-8-10(16-5-3-2-4-6-16)11(17(19)20)7-9(12)13(18)15-14/h7-8H,2-6,14H2,1H3,(H,15,18). The summed E-state index contributed by atoms with van der Waals surface area (Å²) in [6, 6.07) is 2.75. The highest BCUT2D eigenvalue weighted by Gasteiger charge is 2.26. The number of methoxy groups -OCH3 is 1. The summed E-state index contributed by atoms with van der Waals surface area (Å²) in [6.07, 6.45) is 3.10. The molecule has 1 aliphatic heterocycles. The second-order valence-electron chi connectivity index (χ2n) is 4.82. The molecule has 2 rings (SSSR count). The molecule has 21 heavy (non-hydrogen) atoms. The van der Waals surface area contributed by atoms with Gasteiger partial charge < -0.3 is 9.64 Å². The minimum atomic E-state index is -0.625. The first-order chi connectivity index (χ1) is 10.1. The number of piperidine rings is 1. The Labute approximate surface area is 122 Å². The SMILES string of the molecule is COc1cc(N2CCCCC2)c([N+](=O)[O-])cc1C(=O)NN. The van der Waals surface area contributed by atoms with Crippen molar-refractivity contribution in [3.8, 4) is 5.75 Å². The number of hydrogen-bond donors (Lipinski definition) is 2. The molecule has 1 amide bonds. The number of carbonyl (C=O) groups is 1. The predicted octanol–water partition coefficient (Wildman–Crippen LogP) is 1.20. The van der Waals surface area contributed by atoms with Gasteiger partial charge in [-0.3, -0.25) is 20.3 Å². The summed E-state index contributed by atoms with van der Waals surface area (Å²) in [7, 11) is 1.41. The number of nitrogens with two attached hydrogens (primary N) is 1. The molecule has 0 aliphatic carbocycles. The molecule has 0 aromatic heterocycles. The Morgan fingerprint density at radius 2 is 2.05 bits per heavy atom. The number of nitrogen functional groups attached to an aromatic ring is 1. The molecule has 0 spiro atoms. The van der Waals surface area contributed by atoms with Crippen LogP contribution in [0.15, 0.2) is 12.1 Å². The molecule has 1 aromatic rings. The van der Waals surface area contributed by atoms with Gasteiger partial charge in [-0.1, -0.05) is 0 Å². The molecule has 1 aromatic carbocycles. The molecule has 0 atom stereocenters. The van der Waals surface area contributed by atoms with Gasteiger partial charge in [-0.25, -0.2) is 5.84 Å². The van der Waals surface area contributed by atoms with E-state index >= 15 is 0 Å². The second-order valence-corrected chi connectivity index (χ2v) is 4.82. The summed E-state index contributed by atoms with van der Waals surface area (Å²) in [5.41, 5.74) is 2.38. The number of nitrogens with one attached hydrogen (secondary N) is 1. The van der Waals surface area contributed by atoms with Gasteiger partial charge in [0.05, 0.1) is 17.6 Å². The molecule has 114 valence electrons. The van der Waals surface area contributed by atoms with Gasteiger partial charge >= 0.3 is 0 Å². The van der Waals surface area contributed by atoms with E-state index in [1.54, 1.807) is 0 Å². The van der Waals surface area contributed by atoms with Crippen molar-refractivity contribution in [2.24, 2.45) is 5.84 Å². The van der Waals surface area contributed by atoms with Gasteiger partial charge in [0.25, 0.3) is 11.6 Å². The zero-order chi connectivity index (χ0) is 15.4. The van der Waals surface area contributed by atoms with E-state index in [-0.39, 0.29) is 17.0 Å². The zero-order valence-corrected chi connectivity index (χ0v) is 11.8. The molecular weight excluding hydrogens is 276 g/mol. The quantitative estimate of drug-likeness (QED) is 0.373. The summed E-state index contributed by atoms with van der Waals surface area (Å²) in [4.78, 5) is 24.5. The van der Waals surface area contributed by atoms with E-state index in [1.807, 2.05) is 10.3 Å². The highest BCUT2D eigenvalue weighted by atomic mass is 16.6. The van der Waals surface area contributed by atoms with Crippen molar-refractivity contribution in [2.75, 3.05) is 25.1 Å². The Morgan fingerprint density at radius 1 is 1.38 bits per heavy atom. The van der Waals surface area contributed by atoms with E-state index in [0.29, 0.717) is 5.69 Å². The van der Waals surface area contributed by atoms with Crippen LogP contribution in [0.2, 0.25) is 0 Å². The lowest BCUT2D eigenvalue weighted by molar-refractivity contribution is -0.384. The van der Waals surface area contributed by atoms with Crippen molar-refractivity contribution < 1.29 is 14.5 Å². The van der Waals surface area contributed by atoms with Crippen molar-refractivity contribution in [3.05, 3.63) is 27.8 Å². The minimum Gasteiger partial charge on any atom is -0.496 e. The lowest BCUT2D eigenvalue weighted by Gasteiger charge is -2.28. The van der Waals surface area contributed by atoms with E-state index in [2.05, 4.69) is 0 Å². The van der Waals surface area contributed by atoms with Crippen LogP contribution in [0.4, 0.5) is 11.4 Å². The van der Waals surface area contributed by atoms with Crippen LogP contribution in [0, 0.1) is 10.1 Å². The van der Waals surface area contributed by atoms with E-state index in [4.69, 9.17) is 10.6 Å². The molecule has 0 radical (unpaired) electrons. The van der Waals surface area contributed by atoms with E-state index in [9.17, 15) is 14.9 Å². The molecule has 8 nitrogen and oxygen atoms in total. The molecule has 1 aliphatic rings. The molecule has 1 fully saturated rings. The minimum absolute atomic E-state index is 0.0486. The number of nitro groups is 1. The van der Waals surface area contributed by atoms with Crippen LogP contribution in [0.3, 0.4) is 0 Å². The van der Waals surface area contributed by atoms with Gasteiger partial charge in [-0.15, -0.1) is 0 Å². The van der Waals surface area contributed by atoms with E-state index in [1.165, 1.54) is 19.2 Å². The van der Waals surface area contributed by atoms with Gasteiger partial charge in [-0.05, 0) is 19.3 Å². The maximum absolute atomic E-state index is 11.7. The maximum Gasteiger partial charge on any atom is 0.293 e. The number of carbonyl (C=O) groups excluding carboxylic acids is 1. The maximum atomic E-state index is 11.7. The van der Waals surface area contributed by atoms with Gasteiger partial charge in [0, 0.05) is 25.2 Å². The number of ether oxygens (including phenoxy) is 1. The first kappa shape index (κ1) is 15.0. The molecule has 0 unspecified atom stereocenters. The number of hydrogen-bond acceptors (Lipinski definition) is 6. The number of anilines is 1. The van der Waals surface area contributed by atoms with Crippen LogP contribution in [-0.4, -0.2) is 31.0 Å². The van der Waals surface area contributed by atoms with Gasteiger partial charge in [0.15, 0.2) is 0 Å². The molecule has 8 heteroatoms. The second kappa shape index (κ2) is 6.40. The van der Waals surface area contributed by atoms with Gasteiger partial charge in [0.1, 0.15) is 11.4 Å². The van der Waals surface area contributed by atoms with E-state index in [0.717, 1.165) is 32.4 Å². The van der Waals surface area contributed by atoms with Crippen molar-refractivity contribution in [2.45, 2.75) is 19.3 Å². The smallest absolute Gasteiger partial charge is 0.293 e. The number of nitro benzene ring substituents is 1. The average Bonchev–Trinajstić information content (AvgIpc) is 2.53. The number of benzene rings is 1. The first-order valence-corrected chi connectivity index (χ1v) is 6.70. The van der Waals surface area contributed by atoms with Gasteiger partial charge in [0.2, 0.25) is 0 Å². The van der Waals surface area contributed by atoms with Gasteiger partial charge in [-0.2, -0.15) is 0 Å². The van der Waals surface area contributed by atoms with Crippen LogP contribution in [-0.2, 0) is 0 Å². The zero-order valence-electron chi connectivity index (χ0n) is 11.8. The van der Waals surface area contributed by atoms with E-state index < -0.39 is 10.8 Å². The van der Waals surface area contributed by atoms with Crippen LogP contribution in [0.1, 0.15) is 29.6 Å². The lowest BCUT2D eigenvalue weighted by Crippen LogP contribution is -2.32. The van der Waals surface area contributed by atoms with Crippen LogP contribution in [0.5, 0.6) is 5.75 Å². The Kier molecular flexibility index (Phi) is 4.59. The summed E-state index contributed by atoms with van der Waals surface area (Å²) < 4.78 is 5.17. The molecule has 0 bridgehead atoms. The largest absolute Gasteiger partial charge is 0.496 e. The fraction of sp³-hybridized carbons (Fsp3) is 0.462. The number of amides is 1. The summed E-state index contributed by atoms with van der Waals surface area (Å²) in [5, 5.41) is 11.3. The topological polar surface area (TPSA) is 111 Å². The first-order valence-electron chi connectivity index (χ1n) is 6.70. The van der Waals surface area contributed by atoms with Crippen LogP contribution in [0.25, 0.3) is 0 Å². The predicted molar refractivity (Wildman–Crippen MR) is 77.4 cm³/mol. The molecule has 3 N–H and O–H groups in total. The van der Waals surface area contributed by atoms with Crippen molar-refractivity contribution in [1.29, 1.82) is 0 Å². The third-order valence-corrected chi connectivity index (χ3v) is 3.57. The molecule has 1 heterocycles. The van der Waals surface area contributed by atoms with Crippen molar-refractivity contribution in [1.82, 2.24) is 5.43 Å². The lowest BCUT2D eigenvalue weighted by atomic mass is 10.1. The molecule has 1 saturated heterocycles. The van der Waals surface area contributed by atoms with Crippen LogP contribution < -0.4 is 20.9 Å². The Bertz CT molecular complexity index is 555. The Morgan fingerprint density at radius 3 is 2.57 bits per heavy atom. The third kappa shape index (κ3) is 3.05. The summed E-state index contributed by atoms with van der Waals surface area (Å²) in [5.74, 6) is 4.74. The third-order valence-electron chi connectivity index (χ3n) is 3.57. The molecular formula is C13H18N4O4. The number of nitrogens with zero attached hydrogens (tertiary/aromatic N) is 2. The fourth-order valence-corrected chi connectivity index (χ4v) is 2.52. The Balaban J connectivity index is 2.52. The van der Waals surface area contributed by atoms with Crippen LogP contribution >= 0.6 is 0 Å². The summed E-state index contributed by atoms with van der Waals surface area (Å²) >= 11 is 0. The monoisotopic (exact) mass is 294 g/mol. The van der Waals surface area contributed by atoms with Crippen molar-refractivity contribution in [3.63, 3.8) is 0 Å². The molecule has 0 saturated carbocycles. The van der Waals surface area contributed by atoms with Crippen molar-refractivity contribution >= 4 is 17.3 Å². The highest BCUT2D eigenvalue weighted by Crippen LogP contribution is 2.36. The Hall–Kier alpha value is -2.35. The number of rotatable bonds is 4. The number of hydrazine groups is 1. The normalized spacial score (nSPS) is 14.7. The highest BCUT2D eigenvalue weighted by molar-refractivity contribution is 5.98. The summed E-state index contributed by atoms with van der Waals surface area (Å²) in [6.45, 7) is 1.51.